The number of nitriles is 1. The molecule has 0 saturated carbocycles. The Bertz CT molecular complexity index is 562. The van der Waals surface area contributed by atoms with Crippen LogP contribution in [0.25, 0.3) is 0 Å². The fourth-order valence-corrected chi connectivity index (χ4v) is 3.53. The van der Waals surface area contributed by atoms with E-state index < -0.39 is 0 Å². The first kappa shape index (κ1) is 17.6. The SMILES string of the molecule is Cc1c(C#N)cc(Cl)cc1CCN1CC(CO)C(COS)C1. The van der Waals surface area contributed by atoms with Gasteiger partial charge in [-0.15, -0.1) is 0 Å². The van der Waals surface area contributed by atoms with Crippen molar-refractivity contribution in [3.05, 3.63) is 33.8 Å². The highest BCUT2D eigenvalue weighted by Crippen LogP contribution is 2.25. The number of hydrogen-bond acceptors (Lipinski definition) is 5. The van der Waals surface area contributed by atoms with E-state index in [-0.39, 0.29) is 12.5 Å². The van der Waals surface area contributed by atoms with Gasteiger partial charge in [0.2, 0.25) is 0 Å². The van der Waals surface area contributed by atoms with Gasteiger partial charge in [-0.05, 0) is 49.5 Å². The lowest BCUT2D eigenvalue weighted by molar-refractivity contribution is 0.174. The standard InChI is InChI=1S/C16H21ClN2O2S/c1-11-12(4-16(17)5-13(11)6-18)2-3-19-7-14(9-20)15(8-19)10-21-22/h4-5,14-15,20,22H,2-3,7-10H2,1H3. The molecule has 0 aliphatic carbocycles. The zero-order chi connectivity index (χ0) is 16.1. The Labute approximate surface area is 142 Å². The Kier molecular flexibility index (Phi) is 6.54. The summed E-state index contributed by atoms with van der Waals surface area (Å²) in [6, 6.07) is 5.83. The molecule has 1 fully saturated rings. The molecule has 0 aromatic heterocycles. The first-order chi connectivity index (χ1) is 10.6. The van der Waals surface area contributed by atoms with E-state index in [2.05, 4.69) is 23.9 Å². The van der Waals surface area contributed by atoms with Crippen LogP contribution in [0.2, 0.25) is 5.02 Å². The molecule has 2 atom stereocenters. The number of thiol groups is 1. The molecular formula is C16H21ClN2O2S. The number of aliphatic hydroxyl groups excluding tert-OH is 1. The molecule has 1 aliphatic heterocycles. The minimum Gasteiger partial charge on any atom is -0.396 e. The van der Waals surface area contributed by atoms with Crippen molar-refractivity contribution < 1.29 is 9.29 Å². The molecule has 1 aliphatic rings. The lowest BCUT2D eigenvalue weighted by atomic mass is 9.98. The van der Waals surface area contributed by atoms with Gasteiger partial charge in [-0.25, -0.2) is 0 Å². The molecule has 0 amide bonds. The van der Waals surface area contributed by atoms with Gasteiger partial charge in [-0.3, -0.25) is 0 Å². The summed E-state index contributed by atoms with van der Waals surface area (Å²) in [5.74, 6) is 0.555. The van der Waals surface area contributed by atoms with E-state index in [9.17, 15) is 5.11 Å². The van der Waals surface area contributed by atoms with Crippen LogP contribution in [0.15, 0.2) is 12.1 Å². The lowest BCUT2D eigenvalue weighted by Gasteiger charge is -2.17. The first-order valence-electron chi connectivity index (χ1n) is 7.37. The molecule has 1 N–H and O–H groups in total. The van der Waals surface area contributed by atoms with Gasteiger partial charge in [-0.1, -0.05) is 11.6 Å². The highest BCUT2D eigenvalue weighted by atomic mass is 35.5. The van der Waals surface area contributed by atoms with Crippen molar-refractivity contribution in [2.75, 3.05) is 32.8 Å². The fourth-order valence-electron chi connectivity index (χ4n) is 3.10. The normalized spacial score (nSPS) is 22.0. The molecule has 4 nitrogen and oxygen atoms in total. The van der Waals surface area contributed by atoms with Crippen molar-refractivity contribution in [2.45, 2.75) is 13.3 Å². The van der Waals surface area contributed by atoms with Crippen LogP contribution in [0.4, 0.5) is 0 Å². The molecule has 0 radical (unpaired) electrons. The van der Waals surface area contributed by atoms with Crippen molar-refractivity contribution in [1.29, 1.82) is 5.26 Å². The topological polar surface area (TPSA) is 56.5 Å². The van der Waals surface area contributed by atoms with E-state index in [0.717, 1.165) is 37.2 Å². The Hall–Kier alpha value is -0.770. The van der Waals surface area contributed by atoms with Crippen LogP contribution in [0.3, 0.4) is 0 Å². The number of hydrogen-bond donors (Lipinski definition) is 2. The summed E-state index contributed by atoms with van der Waals surface area (Å²) in [5.41, 5.74) is 2.75. The van der Waals surface area contributed by atoms with Crippen molar-refractivity contribution in [3.8, 4) is 6.07 Å². The molecule has 1 heterocycles. The second kappa shape index (κ2) is 8.19. The first-order valence-corrected chi connectivity index (χ1v) is 8.12. The van der Waals surface area contributed by atoms with E-state index >= 15 is 0 Å². The summed E-state index contributed by atoms with van der Waals surface area (Å²) >= 11 is 9.90. The maximum absolute atomic E-state index is 9.45. The zero-order valence-corrected chi connectivity index (χ0v) is 14.3. The second-order valence-electron chi connectivity index (χ2n) is 5.86. The molecule has 120 valence electrons. The summed E-state index contributed by atoms with van der Waals surface area (Å²) in [4.78, 5) is 2.32. The molecule has 2 rings (SSSR count). The van der Waals surface area contributed by atoms with E-state index in [1.165, 1.54) is 0 Å². The Balaban J connectivity index is 1.99. The van der Waals surface area contributed by atoms with Gasteiger partial charge in [-0.2, -0.15) is 5.26 Å². The van der Waals surface area contributed by atoms with Gasteiger partial charge in [0.05, 0.1) is 18.2 Å². The number of benzene rings is 1. The number of rotatable bonds is 6. The Morgan fingerprint density at radius 2 is 2.18 bits per heavy atom. The molecule has 1 aromatic carbocycles. The van der Waals surface area contributed by atoms with Gasteiger partial charge in [0.25, 0.3) is 0 Å². The molecule has 22 heavy (non-hydrogen) atoms. The zero-order valence-electron chi connectivity index (χ0n) is 12.6. The molecule has 6 heteroatoms. The van der Waals surface area contributed by atoms with E-state index in [4.69, 9.17) is 21.0 Å². The lowest BCUT2D eigenvalue weighted by Crippen LogP contribution is -2.24. The van der Waals surface area contributed by atoms with Crippen molar-refractivity contribution in [2.24, 2.45) is 11.8 Å². The van der Waals surface area contributed by atoms with E-state index in [1.807, 2.05) is 13.0 Å². The molecule has 1 saturated heterocycles. The third-order valence-electron chi connectivity index (χ3n) is 4.47. The van der Waals surface area contributed by atoms with Gasteiger partial charge in [0.15, 0.2) is 0 Å². The highest BCUT2D eigenvalue weighted by Gasteiger charge is 2.32. The van der Waals surface area contributed by atoms with Crippen LogP contribution >= 0.6 is 24.5 Å². The molecule has 0 spiro atoms. The predicted octanol–water partition coefficient (Wildman–Crippen LogP) is 2.46. The average molecular weight is 341 g/mol. The maximum Gasteiger partial charge on any atom is 0.0995 e. The van der Waals surface area contributed by atoms with Crippen molar-refractivity contribution >= 4 is 24.5 Å². The third-order valence-corrected chi connectivity index (χ3v) is 4.84. The summed E-state index contributed by atoms with van der Waals surface area (Å²) < 4.78 is 4.94. The second-order valence-corrected chi connectivity index (χ2v) is 6.55. The number of likely N-dealkylation sites (tertiary alicyclic amines) is 1. The van der Waals surface area contributed by atoms with Gasteiger partial charge in [0, 0.05) is 43.1 Å². The molecule has 0 bridgehead atoms. The molecule has 2 unspecified atom stereocenters. The number of halogens is 1. The average Bonchev–Trinajstić information content (AvgIpc) is 2.90. The maximum atomic E-state index is 9.45. The minimum atomic E-state index is 0.174. The smallest absolute Gasteiger partial charge is 0.0995 e. The van der Waals surface area contributed by atoms with Crippen LogP contribution in [-0.2, 0) is 10.6 Å². The number of aliphatic hydroxyl groups is 1. The van der Waals surface area contributed by atoms with Crippen molar-refractivity contribution in [3.63, 3.8) is 0 Å². The molecular weight excluding hydrogens is 320 g/mol. The summed E-state index contributed by atoms with van der Waals surface area (Å²) in [6.07, 6.45) is 0.841. The van der Waals surface area contributed by atoms with E-state index in [0.29, 0.717) is 23.1 Å². The van der Waals surface area contributed by atoms with Gasteiger partial charge >= 0.3 is 0 Å². The monoisotopic (exact) mass is 340 g/mol. The van der Waals surface area contributed by atoms with Crippen LogP contribution in [0.1, 0.15) is 16.7 Å². The summed E-state index contributed by atoms with van der Waals surface area (Å²) in [5, 5.41) is 19.2. The Morgan fingerprint density at radius 3 is 2.82 bits per heavy atom. The minimum absolute atomic E-state index is 0.174. The quantitative estimate of drug-likeness (QED) is 0.617. The van der Waals surface area contributed by atoms with Crippen molar-refractivity contribution in [1.82, 2.24) is 4.90 Å². The van der Waals surface area contributed by atoms with Crippen LogP contribution in [0.5, 0.6) is 0 Å². The summed E-state index contributed by atoms with van der Waals surface area (Å²) in [6.45, 7) is 5.33. The van der Waals surface area contributed by atoms with Crippen LogP contribution in [0, 0.1) is 30.1 Å². The van der Waals surface area contributed by atoms with Gasteiger partial charge < -0.3 is 14.2 Å². The van der Waals surface area contributed by atoms with Crippen LogP contribution < -0.4 is 0 Å². The van der Waals surface area contributed by atoms with Gasteiger partial charge in [0.1, 0.15) is 0 Å². The third kappa shape index (κ3) is 4.15. The fraction of sp³-hybridized carbons (Fsp3) is 0.562. The summed E-state index contributed by atoms with van der Waals surface area (Å²) in [7, 11) is 0. The largest absolute Gasteiger partial charge is 0.396 e. The highest BCUT2D eigenvalue weighted by molar-refractivity contribution is 7.75. The van der Waals surface area contributed by atoms with E-state index in [1.54, 1.807) is 6.07 Å². The molecule has 1 aromatic rings. The Morgan fingerprint density at radius 1 is 1.45 bits per heavy atom. The predicted molar refractivity (Wildman–Crippen MR) is 90.1 cm³/mol. The van der Waals surface area contributed by atoms with Crippen LogP contribution in [-0.4, -0.2) is 42.9 Å². The number of nitrogens with zero attached hydrogens (tertiary/aromatic N) is 2.